The molecule has 1 heterocycles. The lowest BCUT2D eigenvalue weighted by atomic mass is 10.2. The van der Waals surface area contributed by atoms with Crippen LogP contribution in [0.1, 0.15) is 11.1 Å². The minimum absolute atomic E-state index is 0.334. The number of imide groups is 1. The van der Waals surface area contributed by atoms with Crippen LogP contribution in [0.5, 0.6) is 5.75 Å². The maximum atomic E-state index is 11.4. The molecule has 24 heavy (non-hydrogen) atoms. The molecule has 0 atom stereocenters. The SMILES string of the molecule is O=C1NC(=O)C(=CC=Cc2ccc(OCc3ccccc3)cc2)S1. The number of amides is 2. The fraction of sp³-hybridized carbons (Fsp3) is 0.0526. The van der Waals surface area contributed by atoms with Crippen LogP contribution in [0.2, 0.25) is 0 Å². The summed E-state index contributed by atoms with van der Waals surface area (Å²) in [7, 11) is 0. The van der Waals surface area contributed by atoms with Crippen LogP contribution in [0.25, 0.3) is 6.08 Å². The van der Waals surface area contributed by atoms with Gasteiger partial charge >= 0.3 is 0 Å². The van der Waals surface area contributed by atoms with Crippen molar-refractivity contribution >= 4 is 29.0 Å². The van der Waals surface area contributed by atoms with Crippen molar-refractivity contribution in [1.82, 2.24) is 5.32 Å². The van der Waals surface area contributed by atoms with Crippen molar-refractivity contribution in [2.45, 2.75) is 6.61 Å². The smallest absolute Gasteiger partial charge is 0.290 e. The Kier molecular flexibility index (Phi) is 5.13. The van der Waals surface area contributed by atoms with Crippen molar-refractivity contribution in [3.8, 4) is 5.75 Å². The summed E-state index contributed by atoms with van der Waals surface area (Å²) >= 11 is 0.906. The van der Waals surface area contributed by atoms with Crippen LogP contribution in [-0.2, 0) is 11.4 Å². The Morgan fingerprint density at radius 3 is 2.42 bits per heavy atom. The highest BCUT2D eigenvalue weighted by Crippen LogP contribution is 2.23. The van der Waals surface area contributed by atoms with Crippen molar-refractivity contribution in [2.75, 3.05) is 0 Å². The van der Waals surface area contributed by atoms with Gasteiger partial charge < -0.3 is 4.74 Å². The lowest BCUT2D eigenvalue weighted by Gasteiger charge is -2.06. The highest BCUT2D eigenvalue weighted by Gasteiger charge is 2.24. The predicted octanol–water partition coefficient (Wildman–Crippen LogP) is 4.15. The standard InChI is InChI=1S/C19H15NO3S/c21-18-17(24-19(22)20-18)8-4-7-14-9-11-16(12-10-14)23-13-15-5-2-1-3-6-15/h1-12H,13H2,(H,20,21,22). The second-order valence-corrected chi connectivity index (χ2v) is 6.09. The van der Waals surface area contributed by atoms with Gasteiger partial charge in [-0.15, -0.1) is 0 Å². The second-order valence-electron chi connectivity index (χ2n) is 5.08. The summed E-state index contributed by atoms with van der Waals surface area (Å²) in [5.41, 5.74) is 2.10. The van der Waals surface area contributed by atoms with Gasteiger partial charge in [0.15, 0.2) is 0 Å². The number of carbonyl (C=O) groups is 2. The van der Waals surface area contributed by atoms with Crippen LogP contribution >= 0.6 is 11.8 Å². The van der Waals surface area contributed by atoms with Crippen molar-refractivity contribution < 1.29 is 14.3 Å². The fourth-order valence-corrected chi connectivity index (χ4v) is 2.73. The third kappa shape index (κ3) is 4.36. The first-order valence-corrected chi connectivity index (χ1v) is 8.21. The van der Waals surface area contributed by atoms with E-state index in [4.69, 9.17) is 4.74 Å². The van der Waals surface area contributed by atoms with E-state index in [9.17, 15) is 9.59 Å². The maximum Gasteiger partial charge on any atom is 0.290 e. The fourth-order valence-electron chi connectivity index (χ4n) is 2.10. The van der Waals surface area contributed by atoms with Crippen LogP contribution < -0.4 is 10.1 Å². The molecule has 3 rings (SSSR count). The molecule has 0 aromatic heterocycles. The average molecular weight is 337 g/mol. The van der Waals surface area contributed by atoms with Crippen LogP contribution in [0.15, 0.2) is 71.7 Å². The Morgan fingerprint density at radius 1 is 1.00 bits per heavy atom. The van der Waals surface area contributed by atoms with Crippen molar-refractivity contribution in [2.24, 2.45) is 0 Å². The summed E-state index contributed by atoms with van der Waals surface area (Å²) in [5, 5.41) is 1.88. The molecule has 5 heteroatoms. The molecule has 1 N–H and O–H groups in total. The minimum Gasteiger partial charge on any atom is -0.489 e. The molecule has 1 aliphatic heterocycles. The van der Waals surface area contributed by atoms with E-state index >= 15 is 0 Å². The number of nitrogens with one attached hydrogen (secondary N) is 1. The molecular formula is C19H15NO3S. The maximum absolute atomic E-state index is 11.4. The Morgan fingerprint density at radius 2 is 1.75 bits per heavy atom. The third-order valence-electron chi connectivity index (χ3n) is 3.31. The molecule has 1 aliphatic rings. The Balaban J connectivity index is 1.56. The molecule has 4 nitrogen and oxygen atoms in total. The molecule has 2 aromatic rings. The summed E-state index contributed by atoms with van der Waals surface area (Å²) in [4.78, 5) is 22.8. The zero-order valence-corrected chi connectivity index (χ0v) is 13.6. The quantitative estimate of drug-likeness (QED) is 0.833. The normalized spacial score (nSPS) is 15.9. The van der Waals surface area contributed by atoms with E-state index in [-0.39, 0.29) is 11.1 Å². The van der Waals surface area contributed by atoms with Gasteiger partial charge in [0, 0.05) is 0 Å². The van der Waals surface area contributed by atoms with Gasteiger partial charge in [0.05, 0.1) is 4.91 Å². The van der Waals surface area contributed by atoms with Crippen molar-refractivity contribution in [3.05, 3.63) is 82.8 Å². The zero-order valence-electron chi connectivity index (χ0n) is 12.8. The Bertz CT molecular complexity index is 795. The number of thioether (sulfide) groups is 1. The van der Waals surface area contributed by atoms with Gasteiger partial charge in [-0.05, 0) is 41.1 Å². The Labute approximate surface area is 144 Å². The number of hydrogen-bond acceptors (Lipinski definition) is 4. The van der Waals surface area contributed by atoms with E-state index in [0.717, 1.165) is 28.6 Å². The number of carbonyl (C=O) groups excluding carboxylic acids is 2. The monoisotopic (exact) mass is 337 g/mol. The molecule has 2 amide bonds. The number of rotatable bonds is 5. The van der Waals surface area contributed by atoms with E-state index in [1.807, 2.05) is 60.7 Å². The number of allylic oxidation sites excluding steroid dienone is 2. The van der Waals surface area contributed by atoms with Gasteiger partial charge in [-0.3, -0.25) is 14.9 Å². The first kappa shape index (κ1) is 16.1. The van der Waals surface area contributed by atoms with Crippen molar-refractivity contribution in [1.29, 1.82) is 0 Å². The average Bonchev–Trinajstić information content (AvgIpc) is 2.93. The molecule has 0 aliphatic carbocycles. The summed E-state index contributed by atoms with van der Waals surface area (Å²) in [5.74, 6) is 0.449. The van der Waals surface area contributed by atoms with Gasteiger partial charge in [-0.2, -0.15) is 0 Å². The molecule has 1 saturated heterocycles. The van der Waals surface area contributed by atoms with E-state index in [2.05, 4.69) is 5.32 Å². The first-order valence-electron chi connectivity index (χ1n) is 7.39. The summed E-state index contributed by atoms with van der Waals surface area (Å²) < 4.78 is 5.73. The molecule has 1 fully saturated rings. The summed E-state index contributed by atoms with van der Waals surface area (Å²) in [6, 6.07) is 17.6. The third-order valence-corrected chi connectivity index (χ3v) is 4.14. The molecule has 0 radical (unpaired) electrons. The molecular weight excluding hydrogens is 322 g/mol. The highest BCUT2D eigenvalue weighted by molar-refractivity contribution is 8.18. The van der Waals surface area contributed by atoms with E-state index in [0.29, 0.717) is 11.5 Å². The Hall–Kier alpha value is -2.79. The van der Waals surface area contributed by atoms with Crippen LogP contribution in [-0.4, -0.2) is 11.1 Å². The zero-order chi connectivity index (χ0) is 16.8. The molecule has 0 unspecified atom stereocenters. The number of benzene rings is 2. The van der Waals surface area contributed by atoms with Crippen LogP contribution in [0.4, 0.5) is 4.79 Å². The first-order chi connectivity index (χ1) is 11.7. The second kappa shape index (κ2) is 7.66. The summed E-state index contributed by atoms with van der Waals surface area (Å²) in [6.07, 6.45) is 5.25. The van der Waals surface area contributed by atoms with Crippen LogP contribution in [0, 0.1) is 0 Å². The predicted molar refractivity (Wildman–Crippen MR) is 95.5 cm³/mol. The van der Waals surface area contributed by atoms with Gasteiger partial charge in [-0.1, -0.05) is 54.6 Å². The van der Waals surface area contributed by atoms with Gasteiger partial charge in [0.2, 0.25) is 0 Å². The van der Waals surface area contributed by atoms with E-state index in [1.54, 1.807) is 12.2 Å². The van der Waals surface area contributed by atoms with Crippen LogP contribution in [0.3, 0.4) is 0 Å². The lowest BCUT2D eigenvalue weighted by Crippen LogP contribution is -2.17. The number of ether oxygens (including phenoxy) is 1. The molecule has 0 spiro atoms. The minimum atomic E-state index is -0.348. The highest BCUT2D eigenvalue weighted by atomic mass is 32.2. The molecule has 120 valence electrons. The largest absolute Gasteiger partial charge is 0.489 e. The number of hydrogen-bond donors (Lipinski definition) is 1. The lowest BCUT2D eigenvalue weighted by molar-refractivity contribution is -0.115. The van der Waals surface area contributed by atoms with E-state index < -0.39 is 0 Å². The molecule has 0 bridgehead atoms. The summed E-state index contributed by atoms with van der Waals surface area (Å²) in [6.45, 7) is 0.530. The van der Waals surface area contributed by atoms with Gasteiger partial charge in [-0.25, -0.2) is 0 Å². The van der Waals surface area contributed by atoms with Gasteiger partial charge in [0.1, 0.15) is 12.4 Å². The molecule has 2 aromatic carbocycles. The topological polar surface area (TPSA) is 55.4 Å². The van der Waals surface area contributed by atoms with E-state index in [1.165, 1.54) is 0 Å². The molecule has 0 saturated carbocycles. The van der Waals surface area contributed by atoms with Gasteiger partial charge in [0.25, 0.3) is 11.1 Å². The van der Waals surface area contributed by atoms with Crippen molar-refractivity contribution in [3.63, 3.8) is 0 Å².